The van der Waals surface area contributed by atoms with E-state index in [-0.39, 0.29) is 11.4 Å². The van der Waals surface area contributed by atoms with E-state index in [4.69, 9.17) is 0 Å². The molecule has 1 heterocycles. The first-order chi connectivity index (χ1) is 11.9. The summed E-state index contributed by atoms with van der Waals surface area (Å²) >= 11 is 0. The van der Waals surface area contributed by atoms with Gasteiger partial charge in [-0.2, -0.15) is 0 Å². The molecule has 0 saturated heterocycles. The topological polar surface area (TPSA) is 34.9 Å². The molecule has 0 atom stereocenters. The minimum atomic E-state index is -0.337. The minimum absolute atomic E-state index is 0.153. The van der Waals surface area contributed by atoms with Crippen molar-refractivity contribution in [3.05, 3.63) is 69.0 Å². The zero-order chi connectivity index (χ0) is 18.7. The van der Waals surface area contributed by atoms with Crippen LogP contribution in [0.2, 0.25) is 0 Å². The Hall–Kier alpha value is -2.49. The van der Waals surface area contributed by atoms with E-state index in [1.165, 1.54) is 6.07 Å². The molecule has 0 N–H and O–H groups in total. The van der Waals surface area contributed by atoms with Gasteiger partial charge in [-0.1, -0.05) is 26.8 Å². The van der Waals surface area contributed by atoms with Crippen molar-refractivity contribution in [1.82, 2.24) is 9.55 Å². The molecule has 0 aliphatic heterocycles. The second-order valence-electron chi connectivity index (χ2n) is 5.99. The summed E-state index contributed by atoms with van der Waals surface area (Å²) in [6, 6.07) is 8.93. The van der Waals surface area contributed by atoms with E-state index in [9.17, 15) is 9.18 Å². The summed E-state index contributed by atoms with van der Waals surface area (Å²) in [5.41, 5.74) is 3.69. The third-order valence-electron chi connectivity index (χ3n) is 4.00. The molecule has 0 amide bonds. The van der Waals surface area contributed by atoms with Crippen LogP contribution in [0.25, 0.3) is 16.6 Å². The van der Waals surface area contributed by atoms with Crippen LogP contribution in [-0.2, 0) is 6.42 Å². The minimum Gasteiger partial charge on any atom is -0.268 e. The van der Waals surface area contributed by atoms with Crippen LogP contribution in [-0.4, -0.2) is 9.55 Å². The van der Waals surface area contributed by atoms with Gasteiger partial charge < -0.3 is 0 Å². The van der Waals surface area contributed by atoms with Gasteiger partial charge >= 0.3 is 0 Å². The third-order valence-corrected chi connectivity index (χ3v) is 4.00. The van der Waals surface area contributed by atoms with Gasteiger partial charge in [0.25, 0.3) is 5.56 Å². The Bertz CT molecular complexity index is 954. The quantitative estimate of drug-likeness (QED) is 0.655. The summed E-state index contributed by atoms with van der Waals surface area (Å²) in [4.78, 5) is 17.5. The summed E-state index contributed by atoms with van der Waals surface area (Å²) in [6.07, 6.45) is 0.591. The molecule has 25 heavy (non-hydrogen) atoms. The van der Waals surface area contributed by atoms with Crippen LogP contribution in [0, 0.1) is 26.6 Å². The molecule has 0 unspecified atom stereocenters. The van der Waals surface area contributed by atoms with E-state index >= 15 is 0 Å². The molecule has 0 aliphatic carbocycles. The molecule has 0 aliphatic rings. The van der Waals surface area contributed by atoms with E-state index in [2.05, 4.69) is 11.1 Å². The fourth-order valence-corrected chi connectivity index (χ4v) is 2.94. The van der Waals surface area contributed by atoms with Gasteiger partial charge in [0.05, 0.1) is 16.6 Å². The molecule has 4 heteroatoms. The van der Waals surface area contributed by atoms with Gasteiger partial charge in [-0.25, -0.2) is 9.37 Å². The van der Waals surface area contributed by atoms with Gasteiger partial charge in [-0.15, -0.1) is 0 Å². The van der Waals surface area contributed by atoms with Crippen molar-refractivity contribution in [3.8, 4) is 5.69 Å². The molecule has 0 bridgehead atoms. The fraction of sp³-hybridized carbons (Fsp3) is 0.333. The molecule has 132 valence electrons. The first kappa shape index (κ1) is 18.8. The van der Waals surface area contributed by atoms with Crippen LogP contribution < -0.4 is 5.56 Å². The number of fused-ring (bicyclic) bond motifs is 1. The lowest BCUT2D eigenvalue weighted by atomic mass is 10.1. The van der Waals surface area contributed by atoms with Crippen molar-refractivity contribution in [2.24, 2.45) is 0 Å². The monoisotopic (exact) mass is 340 g/mol. The third kappa shape index (κ3) is 3.63. The molecular weight excluding hydrogens is 315 g/mol. The summed E-state index contributed by atoms with van der Waals surface area (Å²) in [5, 5.41) is 0.445. The summed E-state index contributed by atoms with van der Waals surface area (Å²) in [5.74, 6) is 0.298. The molecular formula is C21H25FN2O. The van der Waals surface area contributed by atoms with Crippen LogP contribution in [0.5, 0.6) is 0 Å². The van der Waals surface area contributed by atoms with E-state index in [0.717, 1.165) is 16.8 Å². The van der Waals surface area contributed by atoms with Gasteiger partial charge in [-0.3, -0.25) is 9.36 Å². The number of rotatable bonds is 2. The number of aryl methyl sites for hydroxylation is 4. The highest BCUT2D eigenvalue weighted by Gasteiger charge is 2.14. The zero-order valence-corrected chi connectivity index (χ0v) is 15.8. The van der Waals surface area contributed by atoms with Crippen molar-refractivity contribution in [3.63, 3.8) is 0 Å². The Morgan fingerprint density at radius 1 is 1.00 bits per heavy atom. The highest BCUT2D eigenvalue weighted by Crippen LogP contribution is 2.19. The lowest BCUT2D eigenvalue weighted by molar-refractivity contribution is 0.620. The van der Waals surface area contributed by atoms with Gasteiger partial charge in [0.2, 0.25) is 0 Å². The van der Waals surface area contributed by atoms with Crippen LogP contribution in [0.15, 0.2) is 35.1 Å². The average molecular weight is 340 g/mol. The highest BCUT2D eigenvalue weighted by atomic mass is 19.1. The Balaban J connectivity index is 0.00000109. The Morgan fingerprint density at radius 2 is 1.60 bits per heavy atom. The SMILES string of the molecule is CC.CCc1nc2cc(F)c(C)cc2c(=O)n1-c1cc(C)cc(C)c1. The van der Waals surface area contributed by atoms with E-state index in [0.29, 0.717) is 28.7 Å². The average Bonchev–Trinajstić information content (AvgIpc) is 2.57. The number of hydrogen-bond donors (Lipinski definition) is 0. The molecule has 0 saturated carbocycles. The molecule has 0 fully saturated rings. The van der Waals surface area contributed by atoms with Gasteiger partial charge in [-0.05, 0) is 55.7 Å². The number of hydrogen-bond acceptors (Lipinski definition) is 2. The predicted molar refractivity (Wildman–Crippen MR) is 102 cm³/mol. The maximum Gasteiger partial charge on any atom is 0.265 e. The fourth-order valence-electron chi connectivity index (χ4n) is 2.94. The lowest BCUT2D eigenvalue weighted by Crippen LogP contribution is -2.24. The van der Waals surface area contributed by atoms with E-state index < -0.39 is 0 Å². The summed E-state index contributed by atoms with van der Waals surface area (Å²) < 4.78 is 15.4. The Morgan fingerprint density at radius 3 is 2.16 bits per heavy atom. The number of nitrogens with zero attached hydrogens (tertiary/aromatic N) is 2. The smallest absolute Gasteiger partial charge is 0.265 e. The first-order valence-electron chi connectivity index (χ1n) is 8.71. The molecule has 3 nitrogen and oxygen atoms in total. The largest absolute Gasteiger partial charge is 0.268 e. The van der Waals surface area contributed by atoms with Crippen molar-refractivity contribution in [1.29, 1.82) is 0 Å². The van der Waals surface area contributed by atoms with E-state index in [1.807, 2.05) is 46.8 Å². The van der Waals surface area contributed by atoms with Crippen LogP contribution in [0.1, 0.15) is 43.3 Å². The zero-order valence-electron chi connectivity index (χ0n) is 15.8. The van der Waals surface area contributed by atoms with Crippen molar-refractivity contribution in [2.45, 2.75) is 48.0 Å². The second-order valence-corrected chi connectivity index (χ2v) is 5.99. The van der Waals surface area contributed by atoms with Crippen LogP contribution >= 0.6 is 0 Å². The highest BCUT2D eigenvalue weighted by molar-refractivity contribution is 5.79. The molecule has 2 aromatic carbocycles. The number of halogens is 1. The first-order valence-corrected chi connectivity index (χ1v) is 8.71. The standard InChI is InChI=1S/C19H19FN2O.C2H6/c1-5-18-21-17-10-16(20)13(4)9-15(17)19(23)22(18)14-7-11(2)6-12(3)8-14;1-2/h6-10H,5H2,1-4H3;1-2H3. The van der Waals surface area contributed by atoms with Crippen molar-refractivity contribution in [2.75, 3.05) is 0 Å². The Labute approximate surface area is 148 Å². The lowest BCUT2D eigenvalue weighted by Gasteiger charge is -2.14. The van der Waals surface area contributed by atoms with Gasteiger partial charge in [0, 0.05) is 12.5 Å². The molecule has 0 spiro atoms. The predicted octanol–water partition coefficient (Wildman–Crippen LogP) is 5.04. The van der Waals surface area contributed by atoms with Crippen molar-refractivity contribution >= 4 is 10.9 Å². The van der Waals surface area contributed by atoms with E-state index in [1.54, 1.807) is 17.6 Å². The normalized spacial score (nSPS) is 10.5. The van der Waals surface area contributed by atoms with Gasteiger partial charge in [0.1, 0.15) is 11.6 Å². The second kappa shape index (κ2) is 7.60. The molecule has 3 aromatic rings. The van der Waals surface area contributed by atoms with Gasteiger partial charge in [0.15, 0.2) is 0 Å². The van der Waals surface area contributed by atoms with Crippen LogP contribution in [0.3, 0.4) is 0 Å². The van der Waals surface area contributed by atoms with Crippen molar-refractivity contribution < 1.29 is 4.39 Å². The number of aromatic nitrogens is 2. The number of benzene rings is 2. The maximum absolute atomic E-state index is 13.8. The summed E-state index contributed by atoms with van der Waals surface area (Å²) in [7, 11) is 0. The Kier molecular flexibility index (Phi) is 5.73. The molecule has 0 radical (unpaired) electrons. The maximum atomic E-state index is 13.8. The van der Waals surface area contributed by atoms with Crippen LogP contribution in [0.4, 0.5) is 4.39 Å². The summed E-state index contributed by atoms with van der Waals surface area (Å²) in [6.45, 7) is 11.6. The molecule has 3 rings (SSSR count). The molecule has 1 aromatic heterocycles.